The summed E-state index contributed by atoms with van der Waals surface area (Å²) in [6.07, 6.45) is 3.76. The number of hydrogen-bond acceptors (Lipinski definition) is 2. The second-order valence-electron chi connectivity index (χ2n) is 4.66. The molecule has 0 unspecified atom stereocenters. The van der Waals surface area contributed by atoms with E-state index in [0.29, 0.717) is 5.41 Å². The Bertz CT molecular complexity index is 128. The molecule has 0 aromatic rings. The fourth-order valence-electron chi connectivity index (χ4n) is 1.83. The van der Waals surface area contributed by atoms with Gasteiger partial charge in [0.05, 0.1) is 0 Å². The Hall–Kier alpha value is -0.0800. The van der Waals surface area contributed by atoms with Crippen molar-refractivity contribution < 1.29 is 4.74 Å². The van der Waals surface area contributed by atoms with Gasteiger partial charge in [-0.15, -0.1) is 0 Å². The van der Waals surface area contributed by atoms with Crippen molar-refractivity contribution in [3.63, 3.8) is 0 Å². The minimum Gasteiger partial charge on any atom is -0.381 e. The van der Waals surface area contributed by atoms with E-state index in [4.69, 9.17) is 10.5 Å². The minimum absolute atomic E-state index is 0.297. The van der Waals surface area contributed by atoms with E-state index in [0.717, 1.165) is 25.7 Å². The molecular weight excluding hydrogens is 150 g/mol. The van der Waals surface area contributed by atoms with Crippen molar-refractivity contribution in [3.8, 4) is 0 Å². The number of hydrogen-bond donors (Lipinski definition) is 1. The van der Waals surface area contributed by atoms with Gasteiger partial charge in [-0.1, -0.05) is 13.8 Å². The van der Waals surface area contributed by atoms with E-state index in [-0.39, 0.29) is 0 Å². The van der Waals surface area contributed by atoms with Gasteiger partial charge in [0.2, 0.25) is 0 Å². The Balaban J connectivity index is 2.28. The minimum atomic E-state index is 0.297. The van der Waals surface area contributed by atoms with Gasteiger partial charge in [-0.3, -0.25) is 0 Å². The summed E-state index contributed by atoms with van der Waals surface area (Å²) >= 11 is 0. The van der Waals surface area contributed by atoms with Crippen molar-refractivity contribution in [2.24, 2.45) is 17.1 Å². The average Bonchev–Trinajstić information content (AvgIpc) is 2.06. The molecule has 1 rings (SSSR count). The maximum atomic E-state index is 5.68. The van der Waals surface area contributed by atoms with Crippen LogP contribution >= 0.6 is 0 Å². The zero-order chi connectivity index (χ0) is 9.03. The topological polar surface area (TPSA) is 35.2 Å². The first-order valence-corrected chi connectivity index (χ1v) is 4.92. The molecule has 0 saturated carbocycles. The molecule has 2 N–H and O–H groups in total. The second-order valence-corrected chi connectivity index (χ2v) is 4.66. The predicted octanol–water partition coefficient (Wildman–Crippen LogP) is 1.79. The van der Waals surface area contributed by atoms with Crippen LogP contribution in [0.2, 0.25) is 0 Å². The van der Waals surface area contributed by atoms with Crippen LogP contribution in [0.5, 0.6) is 0 Å². The van der Waals surface area contributed by atoms with Gasteiger partial charge >= 0.3 is 0 Å². The smallest absolute Gasteiger partial charge is 0.0494 e. The maximum absolute atomic E-state index is 5.68. The van der Waals surface area contributed by atoms with Gasteiger partial charge in [-0.25, -0.2) is 0 Å². The molecule has 0 spiro atoms. The standard InChI is InChI=1S/C10H21NO/c1-10(2,8-11)6-9-4-3-5-12-7-9/h9H,3-8,11H2,1-2H3/t9-/m1/s1. The monoisotopic (exact) mass is 171 g/mol. The van der Waals surface area contributed by atoms with Gasteiger partial charge in [-0.2, -0.15) is 0 Å². The molecule has 0 amide bonds. The molecule has 1 heterocycles. The third-order valence-electron chi connectivity index (χ3n) is 2.65. The molecule has 12 heavy (non-hydrogen) atoms. The van der Waals surface area contributed by atoms with E-state index in [1.165, 1.54) is 19.3 Å². The second kappa shape index (κ2) is 4.24. The van der Waals surface area contributed by atoms with E-state index in [9.17, 15) is 0 Å². The molecule has 0 aromatic heterocycles. The van der Waals surface area contributed by atoms with E-state index in [2.05, 4.69) is 13.8 Å². The highest BCUT2D eigenvalue weighted by Crippen LogP contribution is 2.28. The summed E-state index contributed by atoms with van der Waals surface area (Å²) < 4.78 is 5.43. The molecule has 1 aliphatic rings. The third-order valence-corrected chi connectivity index (χ3v) is 2.65. The van der Waals surface area contributed by atoms with Crippen LogP contribution in [0.1, 0.15) is 33.1 Å². The van der Waals surface area contributed by atoms with Gasteiger partial charge in [0.15, 0.2) is 0 Å². The van der Waals surface area contributed by atoms with E-state index >= 15 is 0 Å². The van der Waals surface area contributed by atoms with E-state index in [1.807, 2.05) is 0 Å². The highest BCUT2D eigenvalue weighted by molar-refractivity contribution is 4.75. The quantitative estimate of drug-likeness (QED) is 0.702. The van der Waals surface area contributed by atoms with Crippen LogP contribution < -0.4 is 5.73 Å². The van der Waals surface area contributed by atoms with Crippen molar-refractivity contribution in [2.45, 2.75) is 33.1 Å². The van der Waals surface area contributed by atoms with Crippen molar-refractivity contribution in [1.82, 2.24) is 0 Å². The fourth-order valence-corrected chi connectivity index (χ4v) is 1.83. The molecule has 2 nitrogen and oxygen atoms in total. The van der Waals surface area contributed by atoms with Gasteiger partial charge < -0.3 is 10.5 Å². The summed E-state index contributed by atoms with van der Waals surface area (Å²) in [6, 6.07) is 0. The molecular formula is C10H21NO. The summed E-state index contributed by atoms with van der Waals surface area (Å²) in [5, 5.41) is 0. The molecule has 1 fully saturated rings. The molecule has 1 aliphatic heterocycles. The summed E-state index contributed by atoms with van der Waals surface area (Å²) in [4.78, 5) is 0. The van der Waals surface area contributed by atoms with Gasteiger partial charge in [0.1, 0.15) is 0 Å². The van der Waals surface area contributed by atoms with Crippen LogP contribution in [-0.4, -0.2) is 19.8 Å². The van der Waals surface area contributed by atoms with E-state index < -0.39 is 0 Å². The Labute approximate surface area is 75.5 Å². The van der Waals surface area contributed by atoms with Gasteiger partial charge in [0, 0.05) is 13.2 Å². The van der Waals surface area contributed by atoms with Crippen LogP contribution in [0.3, 0.4) is 0 Å². The van der Waals surface area contributed by atoms with Crippen molar-refractivity contribution in [1.29, 1.82) is 0 Å². The highest BCUT2D eigenvalue weighted by Gasteiger charge is 2.23. The van der Waals surface area contributed by atoms with Crippen LogP contribution in [0, 0.1) is 11.3 Å². The molecule has 0 aliphatic carbocycles. The summed E-state index contributed by atoms with van der Waals surface area (Å²) in [7, 11) is 0. The Morgan fingerprint density at radius 2 is 2.25 bits per heavy atom. The lowest BCUT2D eigenvalue weighted by Crippen LogP contribution is -2.29. The molecule has 0 aromatic carbocycles. The van der Waals surface area contributed by atoms with Crippen LogP contribution in [0.4, 0.5) is 0 Å². The average molecular weight is 171 g/mol. The first-order valence-electron chi connectivity index (χ1n) is 4.92. The Kier molecular flexibility index (Phi) is 3.53. The van der Waals surface area contributed by atoms with Crippen LogP contribution in [-0.2, 0) is 4.74 Å². The SMILES string of the molecule is CC(C)(CN)C[C@H]1CCCOC1. The molecule has 0 bridgehead atoms. The molecule has 0 radical (unpaired) electrons. The lowest BCUT2D eigenvalue weighted by molar-refractivity contribution is 0.0376. The number of ether oxygens (including phenoxy) is 1. The lowest BCUT2D eigenvalue weighted by atomic mass is 9.81. The normalized spacial score (nSPS) is 25.8. The first-order chi connectivity index (χ1) is 5.64. The fraction of sp³-hybridized carbons (Fsp3) is 1.00. The highest BCUT2D eigenvalue weighted by atomic mass is 16.5. The summed E-state index contributed by atoms with van der Waals surface area (Å²) in [6.45, 7) is 7.16. The zero-order valence-corrected chi connectivity index (χ0v) is 8.31. The van der Waals surface area contributed by atoms with Crippen molar-refractivity contribution >= 4 is 0 Å². The maximum Gasteiger partial charge on any atom is 0.0494 e. The number of nitrogens with two attached hydrogens (primary N) is 1. The number of rotatable bonds is 3. The summed E-state index contributed by atoms with van der Waals surface area (Å²) in [5.74, 6) is 0.747. The van der Waals surface area contributed by atoms with Crippen molar-refractivity contribution in [2.75, 3.05) is 19.8 Å². The van der Waals surface area contributed by atoms with Crippen LogP contribution in [0.15, 0.2) is 0 Å². The first kappa shape index (κ1) is 10.0. The van der Waals surface area contributed by atoms with Crippen LogP contribution in [0.25, 0.3) is 0 Å². The Morgan fingerprint density at radius 3 is 2.75 bits per heavy atom. The largest absolute Gasteiger partial charge is 0.381 e. The van der Waals surface area contributed by atoms with E-state index in [1.54, 1.807) is 0 Å². The molecule has 2 heteroatoms. The molecule has 1 saturated heterocycles. The lowest BCUT2D eigenvalue weighted by Gasteiger charge is -2.30. The van der Waals surface area contributed by atoms with Crippen molar-refractivity contribution in [3.05, 3.63) is 0 Å². The molecule has 72 valence electrons. The molecule has 1 atom stereocenters. The summed E-state index contributed by atoms with van der Waals surface area (Å²) in [5.41, 5.74) is 5.98. The third kappa shape index (κ3) is 3.11. The zero-order valence-electron chi connectivity index (χ0n) is 8.31. The van der Waals surface area contributed by atoms with Gasteiger partial charge in [-0.05, 0) is 37.1 Å². The predicted molar refractivity (Wildman–Crippen MR) is 51.0 cm³/mol. The Morgan fingerprint density at radius 1 is 1.50 bits per heavy atom. The van der Waals surface area contributed by atoms with Gasteiger partial charge in [0.25, 0.3) is 0 Å².